The van der Waals surface area contributed by atoms with E-state index in [0.717, 1.165) is 17.0 Å². The second-order valence-electron chi connectivity index (χ2n) is 3.78. The Bertz CT molecular complexity index is 380. The summed E-state index contributed by atoms with van der Waals surface area (Å²) in [5, 5.41) is 2.98. The summed E-state index contributed by atoms with van der Waals surface area (Å²) in [6.45, 7) is 1.01. The molecular weight excluding hydrogens is 247 g/mol. The number of aryl methyl sites for hydroxylation is 1. The normalized spacial score (nSPS) is 11.4. The van der Waals surface area contributed by atoms with E-state index in [-0.39, 0.29) is 6.61 Å². The Hall–Kier alpha value is -1.43. The van der Waals surface area contributed by atoms with Crippen molar-refractivity contribution in [3.63, 3.8) is 0 Å². The first-order valence-electron chi connectivity index (χ1n) is 5.45. The number of alkyl halides is 3. The van der Waals surface area contributed by atoms with Gasteiger partial charge in [0, 0.05) is 12.2 Å². The lowest BCUT2D eigenvalue weighted by Crippen LogP contribution is -2.20. The molecule has 0 unspecified atom stereocenters. The van der Waals surface area contributed by atoms with E-state index in [1.54, 1.807) is 19.2 Å². The molecule has 3 nitrogen and oxygen atoms in total. The zero-order valence-electron chi connectivity index (χ0n) is 10.3. The van der Waals surface area contributed by atoms with Crippen LogP contribution >= 0.6 is 0 Å². The van der Waals surface area contributed by atoms with E-state index in [1.807, 2.05) is 13.0 Å². The number of methoxy groups -OCH3 is 1. The van der Waals surface area contributed by atoms with Gasteiger partial charge in [0.05, 0.1) is 13.7 Å². The van der Waals surface area contributed by atoms with Gasteiger partial charge >= 0.3 is 6.18 Å². The summed E-state index contributed by atoms with van der Waals surface area (Å²) >= 11 is 0. The first-order valence-corrected chi connectivity index (χ1v) is 5.45. The van der Waals surface area contributed by atoms with Gasteiger partial charge in [-0.25, -0.2) is 0 Å². The van der Waals surface area contributed by atoms with Crippen molar-refractivity contribution in [2.45, 2.75) is 13.1 Å². The maximum Gasteiger partial charge on any atom is 0.411 e. The summed E-state index contributed by atoms with van der Waals surface area (Å²) in [6.07, 6.45) is -4.27. The van der Waals surface area contributed by atoms with Gasteiger partial charge in [0.1, 0.15) is 12.4 Å². The SMILES string of the molecule is COc1ccc(NCCOCC(F)(F)F)cc1C. The molecule has 0 aromatic heterocycles. The van der Waals surface area contributed by atoms with Crippen molar-refractivity contribution in [1.82, 2.24) is 0 Å². The zero-order chi connectivity index (χ0) is 13.6. The number of benzene rings is 1. The quantitative estimate of drug-likeness (QED) is 0.800. The second kappa shape index (κ2) is 6.49. The van der Waals surface area contributed by atoms with E-state index in [1.165, 1.54) is 0 Å². The van der Waals surface area contributed by atoms with Gasteiger partial charge in [0.15, 0.2) is 0 Å². The van der Waals surface area contributed by atoms with Crippen LogP contribution in [0.1, 0.15) is 5.56 Å². The summed E-state index contributed by atoms with van der Waals surface area (Å²) in [7, 11) is 1.58. The fourth-order valence-electron chi connectivity index (χ4n) is 1.44. The van der Waals surface area contributed by atoms with Crippen molar-refractivity contribution < 1.29 is 22.6 Å². The van der Waals surface area contributed by atoms with Crippen molar-refractivity contribution in [1.29, 1.82) is 0 Å². The van der Waals surface area contributed by atoms with Crippen LogP contribution in [0.25, 0.3) is 0 Å². The zero-order valence-corrected chi connectivity index (χ0v) is 10.3. The van der Waals surface area contributed by atoms with Gasteiger partial charge < -0.3 is 14.8 Å². The summed E-state index contributed by atoms with van der Waals surface area (Å²) in [5.74, 6) is 0.772. The van der Waals surface area contributed by atoms with Crippen molar-refractivity contribution in [3.05, 3.63) is 23.8 Å². The highest BCUT2D eigenvalue weighted by Crippen LogP contribution is 2.21. The molecule has 0 heterocycles. The Labute approximate surface area is 104 Å². The van der Waals surface area contributed by atoms with Gasteiger partial charge in [-0.1, -0.05) is 0 Å². The predicted molar refractivity (Wildman–Crippen MR) is 63.1 cm³/mol. The Balaban J connectivity index is 2.29. The van der Waals surface area contributed by atoms with E-state index in [9.17, 15) is 13.2 Å². The van der Waals surface area contributed by atoms with Crippen molar-refractivity contribution in [3.8, 4) is 5.75 Å². The van der Waals surface area contributed by atoms with E-state index < -0.39 is 12.8 Å². The topological polar surface area (TPSA) is 30.5 Å². The number of rotatable bonds is 6. The summed E-state index contributed by atoms with van der Waals surface area (Å²) in [5.41, 5.74) is 1.78. The van der Waals surface area contributed by atoms with Gasteiger partial charge in [0.25, 0.3) is 0 Å². The minimum atomic E-state index is -4.27. The fourth-order valence-corrected chi connectivity index (χ4v) is 1.44. The molecule has 0 saturated carbocycles. The lowest BCUT2D eigenvalue weighted by atomic mass is 10.2. The van der Waals surface area contributed by atoms with E-state index >= 15 is 0 Å². The Morgan fingerprint density at radius 3 is 2.56 bits per heavy atom. The standard InChI is InChI=1S/C12H16F3NO2/c1-9-7-10(3-4-11(9)17-2)16-5-6-18-8-12(13,14)15/h3-4,7,16H,5-6,8H2,1-2H3. The molecule has 6 heteroatoms. The van der Waals surface area contributed by atoms with Crippen LogP contribution in [0.2, 0.25) is 0 Å². The molecular formula is C12H16F3NO2. The van der Waals surface area contributed by atoms with Crippen LogP contribution < -0.4 is 10.1 Å². The highest BCUT2D eigenvalue weighted by molar-refractivity contribution is 5.50. The van der Waals surface area contributed by atoms with Crippen LogP contribution in [0.4, 0.5) is 18.9 Å². The van der Waals surface area contributed by atoms with Crippen LogP contribution in [0.15, 0.2) is 18.2 Å². The number of hydrogen-bond acceptors (Lipinski definition) is 3. The third-order valence-corrected chi connectivity index (χ3v) is 2.24. The molecule has 0 aliphatic rings. The van der Waals surface area contributed by atoms with Crippen LogP contribution in [-0.4, -0.2) is 33.0 Å². The van der Waals surface area contributed by atoms with E-state index in [0.29, 0.717) is 6.54 Å². The van der Waals surface area contributed by atoms with Gasteiger partial charge in [-0.15, -0.1) is 0 Å². The third-order valence-electron chi connectivity index (χ3n) is 2.24. The van der Waals surface area contributed by atoms with Crippen LogP contribution in [-0.2, 0) is 4.74 Å². The predicted octanol–water partition coefficient (Wildman–Crippen LogP) is 2.99. The van der Waals surface area contributed by atoms with Gasteiger partial charge in [-0.05, 0) is 30.7 Å². The lowest BCUT2D eigenvalue weighted by molar-refractivity contribution is -0.172. The molecule has 1 aromatic rings. The number of halogens is 3. The molecule has 18 heavy (non-hydrogen) atoms. The fraction of sp³-hybridized carbons (Fsp3) is 0.500. The molecule has 0 bridgehead atoms. The van der Waals surface area contributed by atoms with Crippen molar-refractivity contribution in [2.75, 3.05) is 32.2 Å². The van der Waals surface area contributed by atoms with Crippen LogP contribution in [0.3, 0.4) is 0 Å². The smallest absolute Gasteiger partial charge is 0.411 e. The second-order valence-corrected chi connectivity index (χ2v) is 3.78. The maximum absolute atomic E-state index is 11.8. The van der Waals surface area contributed by atoms with E-state index in [4.69, 9.17) is 4.74 Å². The Kier molecular flexibility index (Phi) is 5.27. The van der Waals surface area contributed by atoms with Gasteiger partial charge in [-0.2, -0.15) is 13.2 Å². The van der Waals surface area contributed by atoms with Crippen molar-refractivity contribution in [2.24, 2.45) is 0 Å². The molecule has 0 radical (unpaired) electrons. The molecule has 0 fully saturated rings. The number of hydrogen-bond donors (Lipinski definition) is 1. The van der Waals surface area contributed by atoms with Crippen molar-refractivity contribution >= 4 is 5.69 Å². The average molecular weight is 263 g/mol. The molecule has 1 aromatic carbocycles. The lowest BCUT2D eigenvalue weighted by Gasteiger charge is -2.11. The minimum absolute atomic E-state index is 0.00455. The van der Waals surface area contributed by atoms with Gasteiger partial charge in [0.2, 0.25) is 0 Å². The highest BCUT2D eigenvalue weighted by Gasteiger charge is 2.27. The summed E-state index contributed by atoms with van der Waals surface area (Å²) < 4.78 is 44.9. The molecule has 1 N–H and O–H groups in total. The van der Waals surface area contributed by atoms with E-state index in [2.05, 4.69) is 10.1 Å². The average Bonchev–Trinajstić information content (AvgIpc) is 2.27. The first-order chi connectivity index (χ1) is 8.42. The number of anilines is 1. The largest absolute Gasteiger partial charge is 0.496 e. The van der Waals surface area contributed by atoms with Crippen LogP contribution in [0, 0.1) is 6.92 Å². The molecule has 0 spiro atoms. The third kappa shape index (κ3) is 5.27. The summed E-state index contributed by atoms with van der Waals surface area (Å²) in [4.78, 5) is 0. The number of nitrogens with one attached hydrogen (secondary N) is 1. The Morgan fingerprint density at radius 1 is 1.28 bits per heavy atom. The molecule has 0 aliphatic heterocycles. The number of ether oxygens (including phenoxy) is 2. The van der Waals surface area contributed by atoms with Crippen LogP contribution in [0.5, 0.6) is 5.75 Å². The monoisotopic (exact) mass is 263 g/mol. The molecule has 102 valence electrons. The molecule has 1 rings (SSSR count). The van der Waals surface area contributed by atoms with Gasteiger partial charge in [-0.3, -0.25) is 0 Å². The first kappa shape index (κ1) is 14.6. The molecule has 0 amide bonds. The minimum Gasteiger partial charge on any atom is -0.496 e. The maximum atomic E-state index is 11.8. The molecule has 0 aliphatic carbocycles. The summed E-state index contributed by atoms with van der Waals surface area (Å²) in [6, 6.07) is 5.46. The Morgan fingerprint density at radius 2 is 2.00 bits per heavy atom. The molecule has 0 atom stereocenters. The highest BCUT2D eigenvalue weighted by atomic mass is 19.4. The molecule has 0 saturated heterocycles.